The van der Waals surface area contributed by atoms with Gasteiger partial charge < -0.3 is 42.9 Å². The summed E-state index contributed by atoms with van der Waals surface area (Å²) in [6.45, 7) is 3.76. The number of primary amides is 1. The van der Waals surface area contributed by atoms with E-state index < -0.39 is 59.7 Å². The smallest absolute Gasteiger partial charge is 0.243 e. The summed E-state index contributed by atoms with van der Waals surface area (Å²) < 4.78 is 0. The van der Waals surface area contributed by atoms with Gasteiger partial charge in [-0.25, -0.2) is 0 Å². The number of amides is 5. The molecule has 0 aliphatic carbocycles. The van der Waals surface area contributed by atoms with Crippen LogP contribution in [0.4, 0.5) is 0 Å². The Morgan fingerprint density at radius 3 is 1.60 bits per heavy atom. The summed E-state index contributed by atoms with van der Waals surface area (Å²) >= 11 is 0. The van der Waals surface area contributed by atoms with Gasteiger partial charge in [0, 0.05) is 12.8 Å². The van der Waals surface area contributed by atoms with Gasteiger partial charge in [-0.3, -0.25) is 24.0 Å². The SMILES string of the molecule is CC(C)CC1NC(=O)C(N)C/C=C/CC(C(N)=O)NC(=O)C(Cc2ccc(O)cc2)NC(=O)C(Cc2ccc(O)cc2)NC1=O. The fraction of sp³-hybridized carbons (Fsp3) is 0.406. The van der Waals surface area contributed by atoms with Gasteiger partial charge in [-0.2, -0.15) is 0 Å². The zero-order chi connectivity index (χ0) is 33.1. The first-order valence-corrected chi connectivity index (χ1v) is 14.8. The minimum atomic E-state index is -1.21. The van der Waals surface area contributed by atoms with Crippen LogP contribution in [0.1, 0.15) is 44.2 Å². The van der Waals surface area contributed by atoms with Crippen LogP contribution in [0, 0.1) is 5.92 Å². The Balaban J connectivity index is 2.02. The molecule has 242 valence electrons. The minimum absolute atomic E-state index is 0.000211. The molecule has 0 saturated carbocycles. The second-order valence-corrected chi connectivity index (χ2v) is 11.6. The minimum Gasteiger partial charge on any atom is -0.508 e. The van der Waals surface area contributed by atoms with Gasteiger partial charge >= 0.3 is 0 Å². The van der Waals surface area contributed by atoms with Crippen molar-refractivity contribution >= 4 is 29.5 Å². The predicted molar refractivity (Wildman–Crippen MR) is 166 cm³/mol. The van der Waals surface area contributed by atoms with E-state index in [2.05, 4.69) is 21.3 Å². The molecular weight excluding hydrogens is 580 g/mol. The maximum Gasteiger partial charge on any atom is 0.243 e. The van der Waals surface area contributed by atoms with E-state index in [4.69, 9.17) is 11.5 Å². The van der Waals surface area contributed by atoms with E-state index in [0.717, 1.165) is 0 Å². The molecule has 0 saturated heterocycles. The molecule has 5 unspecified atom stereocenters. The van der Waals surface area contributed by atoms with Crippen LogP contribution in [-0.4, -0.2) is 70.0 Å². The molecule has 5 amide bonds. The van der Waals surface area contributed by atoms with E-state index in [1.807, 2.05) is 13.8 Å². The highest BCUT2D eigenvalue weighted by Gasteiger charge is 2.32. The molecular formula is C32H42N6O7. The number of nitrogens with one attached hydrogen (secondary N) is 4. The number of hydrogen-bond donors (Lipinski definition) is 8. The first-order chi connectivity index (χ1) is 21.3. The zero-order valence-corrected chi connectivity index (χ0v) is 25.4. The lowest BCUT2D eigenvalue weighted by Gasteiger charge is -2.27. The molecule has 1 aliphatic heterocycles. The molecule has 0 radical (unpaired) electrons. The van der Waals surface area contributed by atoms with Gasteiger partial charge in [-0.1, -0.05) is 50.3 Å². The van der Waals surface area contributed by atoms with Crippen LogP contribution in [0.5, 0.6) is 11.5 Å². The Hall–Kier alpha value is -4.91. The summed E-state index contributed by atoms with van der Waals surface area (Å²) in [5.41, 5.74) is 12.8. The molecule has 0 fully saturated rings. The van der Waals surface area contributed by atoms with Crippen molar-refractivity contribution in [3.05, 3.63) is 71.8 Å². The Morgan fingerprint density at radius 1 is 0.711 bits per heavy atom. The zero-order valence-electron chi connectivity index (χ0n) is 25.4. The summed E-state index contributed by atoms with van der Waals surface area (Å²) in [6.07, 6.45) is 3.50. The number of nitrogens with two attached hydrogens (primary N) is 2. The first-order valence-electron chi connectivity index (χ1n) is 14.8. The second-order valence-electron chi connectivity index (χ2n) is 11.6. The van der Waals surface area contributed by atoms with Gasteiger partial charge in [-0.05, 0) is 60.6 Å². The van der Waals surface area contributed by atoms with Crippen LogP contribution in [0.2, 0.25) is 0 Å². The van der Waals surface area contributed by atoms with Crippen LogP contribution < -0.4 is 32.7 Å². The molecule has 13 heteroatoms. The average molecular weight is 623 g/mol. The molecule has 3 rings (SSSR count). The largest absolute Gasteiger partial charge is 0.508 e. The molecule has 5 atom stereocenters. The monoisotopic (exact) mass is 622 g/mol. The van der Waals surface area contributed by atoms with Gasteiger partial charge in [0.2, 0.25) is 29.5 Å². The number of carbonyl (C=O) groups excluding carboxylic acids is 5. The molecule has 2 aromatic rings. The average Bonchev–Trinajstić information content (AvgIpc) is 2.98. The van der Waals surface area contributed by atoms with Gasteiger partial charge in [0.1, 0.15) is 35.7 Å². The van der Waals surface area contributed by atoms with Crippen molar-refractivity contribution in [3.63, 3.8) is 0 Å². The van der Waals surface area contributed by atoms with E-state index in [9.17, 15) is 34.2 Å². The van der Waals surface area contributed by atoms with Gasteiger partial charge in [0.15, 0.2) is 0 Å². The van der Waals surface area contributed by atoms with Crippen LogP contribution in [0.3, 0.4) is 0 Å². The number of rotatable bonds is 7. The maximum absolute atomic E-state index is 13.8. The second kappa shape index (κ2) is 16.2. The summed E-state index contributed by atoms with van der Waals surface area (Å²) in [5, 5.41) is 30.1. The number of benzene rings is 2. The predicted octanol–water partition coefficient (Wildman–Crippen LogP) is 0.0309. The molecule has 0 aromatic heterocycles. The number of carbonyl (C=O) groups is 5. The van der Waals surface area contributed by atoms with Crippen molar-refractivity contribution in [2.75, 3.05) is 0 Å². The van der Waals surface area contributed by atoms with Crippen molar-refractivity contribution < 1.29 is 34.2 Å². The Bertz CT molecular complexity index is 1380. The van der Waals surface area contributed by atoms with E-state index in [0.29, 0.717) is 11.1 Å². The number of aromatic hydroxyl groups is 2. The lowest BCUT2D eigenvalue weighted by Crippen LogP contribution is -2.59. The van der Waals surface area contributed by atoms with Crippen LogP contribution in [-0.2, 0) is 36.8 Å². The summed E-state index contributed by atoms with van der Waals surface area (Å²) in [6, 6.07) is 6.56. The lowest BCUT2D eigenvalue weighted by molar-refractivity contribution is -0.134. The fourth-order valence-electron chi connectivity index (χ4n) is 4.78. The molecule has 10 N–H and O–H groups in total. The van der Waals surface area contributed by atoms with E-state index in [1.165, 1.54) is 24.3 Å². The summed E-state index contributed by atoms with van der Waals surface area (Å²) in [5.74, 6) is -3.37. The Morgan fingerprint density at radius 2 is 1.13 bits per heavy atom. The first kappa shape index (κ1) is 34.6. The number of hydrogen-bond acceptors (Lipinski definition) is 8. The normalized spacial score (nSPS) is 24.5. The molecule has 2 aromatic carbocycles. The van der Waals surface area contributed by atoms with Crippen LogP contribution >= 0.6 is 0 Å². The number of phenolic OH excluding ortho intramolecular Hbond substituents is 2. The third kappa shape index (κ3) is 10.9. The molecule has 13 nitrogen and oxygen atoms in total. The van der Waals surface area contributed by atoms with Gasteiger partial charge in [0.05, 0.1) is 6.04 Å². The van der Waals surface area contributed by atoms with Crippen LogP contribution in [0.25, 0.3) is 0 Å². The van der Waals surface area contributed by atoms with Gasteiger partial charge in [0.25, 0.3) is 0 Å². The third-order valence-electron chi connectivity index (χ3n) is 7.28. The quantitative estimate of drug-likeness (QED) is 0.196. The van der Waals surface area contributed by atoms with Crippen molar-refractivity contribution in [2.45, 2.75) is 76.2 Å². The topological polar surface area (TPSA) is 226 Å². The summed E-state index contributed by atoms with van der Waals surface area (Å²) in [4.78, 5) is 66.1. The van der Waals surface area contributed by atoms with Gasteiger partial charge in [-0.15, -0.1) is 0 Å². The molecule has 0 bridgehead atoms. The standard InChI is InChI=1S/C32H42N6O7/c1-18(2)15-25-30(43)37-27(17-20-9-13-22(40)14-10-20)32(45)38-26(16-19-7-11-21(39)12-8-19)31(44)35-24(28(34)41)6-4-3-5-23(33)29(42)36-25/h3-4,7-14,18,23-27,39-40H,5-6,15-17,33H2,1-2H3,(H2,34,41)(H,35,44)(H,36,42)(H,37,43)(H,38,45)/b4-3+. The molecule has 1 heterocycles. The van der Waals surface area contributed by atoms with E-state index >= 15 is 0 Å². The summed E-state index contributed by atoms with van der Waals surface area (Å²) in [7, 11) is 0. The lowest BCUT2D eigenvalue weighted by atomic mass is 9.99. The molecule has 0 spiro atoms. The highest BCUT2D eigenvalue weighted by Crippen LogP contribution is 2.15. The molecule has 45 heavy (non-hydrogen) atoms. The third-order valence-corrected chi connectivity index (χ3v) is 7.28. The van der Waals surface area contributed by atoms with Crippen molar-refractivity contribution in [2.24, 2.45) is 17.4 Å². The van der Waals surface area contributed by atoms with Crippen molar-refractivity contribution in [1.82, 2.24) is 21.3 Å². The fourth-order valence-corrected chi connectivity index (χ4v) is 4.78. The van der Waals surface area contributed by atoms with E-state index in [1.54, 1.807) is 36.4 Å². The van der Waals surface area contributed by atoms with Crippen LogP contribution in [0.15, 0.2) is 60.7 Å². The highest BCUT2D eigenvalue weighted by molar-refractivity contribution is 5.96. The highest BCUT2D eigenvalue weighted by atomic mass is 16.3. The van der Waals surface area contributed by atoms with E-state index in [-0.39, 0.29) is 49.5 Å². The maximum atomic E-state index is 13.8. The number of phenols is 2. The van der Waals surface area contributed by atoms with Crippen molar-refractivity contribution in [3.8, 4) is 11.5 Å². The van der Waals surface area contributed by atoms with Crippen molar-refractivity contribution in [1.29, 1.82) is 0 Å². The Labute approximate surface area is 261 Å². The Kier molecular flexibility index (Phi) is 12.5. The molecule has 1 aliphatic rings.